The number of anilines is 2. The lowest BCUT2D eigenvalue weighted by molar-refractivity contribution is 0.0963. The van der Waals surface area contributed by atoms with Crippen molar-refractivity contribution in [3.05, 3.63) is 58.8 Å². The molecule has 144 valence electrons. The van der Waals surface area contributed by atoms with E-state index >= 15 is 0 Å². The quantitative estimate of drug-likeness (QED) is 0.658. The summed E-state index contributed by atoms with van der Waals surface area (Å²) in [5.41, 5.74) is 1.53. The maximum absolute atomic E-state index is 14.2. The van der Waals surface area contributed by atoms with E-state index in [1.165, 1.54) is 48.3 Å². The minimum absolute atomic E-state index is 0.191. The van der Waals surface area contributed by atoms with Crippen molar-refractivity contribution < 1.29 is 13.6 Å². The van der Waals surface area contributed by atoms with Crippen LogP contribution in [-0.2, 0) is 5.41 Å². The molecule has 0 saturated heterocycles. The van der Waals surface area contributed by atoms with E-state index < -0.39 is 17.4 Å². The lowest BCUT2D eigenvalue weighted by Crippen LogP contribution is -2.49. The summed E-state index contributed by atoms with van der Waals surface area (Å²) in [6.45, 7) is 0.258. The van der Waals surface area contributed by atoms with E-state index in [-0.39, 0.29) is 31.0 Å². The molecule has 0 atom stereocenters. The van der Waals surface area contributed by atoms with Gasteiger partial charge in [0, 0.05) is 18.2 Å². The number of nitrogens with one attached hydrogen (secondary N) is 2. The number of alkyl halides is 1. The summed E-state index contributed by atoms with van der Waals surface area (Å²) in [5.74, 6) is -0.438. The Labute approximate surface area is 163 Å². The average Bonchev–Trinajstić information content (AvgIpc) is 3.21. The van der Waals surface area contributed by atoms with E-state index in [4.69, 9.17) is 0 Å². The van der Waals surface area contributed by atoms with Crippen LogP contribution in [0.5, 0.6) is 0 Å². The highest BCUT2D eigenvalue weighted by atomic mass is 32.1. The normalized spacial score (nSPS) is 21.0. The van der Waals surface area contributed by atoms with Gasteiger partial charge in [0.15, 0.2) is 0 Å². The van der Waals surface area contributed by atoms with Gasteiger partial charge in [0.2, 0.25) is 5.95 Å². The van der Waals surface area contributed by atoms with Gasteiger partial charge in [-0.3, -0.25) is 14.8 Å². The van der Waals surface area contributed by atoms with Crippen molar-refractivity contribution in [2.45, 2.75) is 24.4 Å². The first-order chi connectivity index (χ1) is 13.6. The summed E-state index contributed by atoms with van der Waals surface area (Å²) in [6, 6.07) is 2.83. The standard InChI is InChI=1S/C18H16F2N6OS/c19-11-4-18(5-11,15-13(20)2-1-3-22-15)9-25-17-23-6-12(7-24-17)26-16(27)14-8-21-10-28-14/h1-3,6-8,10-11H,4-5,9H2,(H,26,27)(H,23,24,25). The Balaban J connectivity index is 1.41. The second-order valence-electron chi connectivity index (χ2n) is 6.59. The van der Waals surface area contributed by atoms with Gasteiger partial charge in [0.1, 0.15) is 16.9 Å². The van der Waals surface area contributed by atoms with Crippen molar-refractivity contribution in [1.29, 1.82) is 0 Å². The molecule has 0 spiro atoms. The van der Waals surface area contributed by atoms with Crippen LogP contribution in [0.2, 0.25) is 0 Å². The summed E-state index contributed by atoms with van der Waals surface area (Å²) < 4.78 is 27.8. The fraction of sp³-hybridized carbons (Fsp3) is 0.278. The minimum Gasteiger partial charge on any atom is -0.353 e. The maximum Gasteiger partial charge on any atom is 0.267 e. The number of nitrogens with zero attached hydrogens (tertiary/aromatic N) is 4. The first-order valence-electron chi connectivity index (χ1n) is 8.57. The third-order valence-electron chi connectivity index (χ3n) is 4.64. The second-order valence-corrected chi connectivity index (χ2v) is 7.47. The van der Waals surface area contributed by atoms with Crippen LogP contribution >= 0.6 is 11.3 Å². The molecule has 4 rings (SSSR count). The third-order valence-corrected chi connectivity index (χ3v) is 5.41. The molecule has 0 aromatic carbocycles. The number of amides is 1. The van der Waals surface area contributed by atoms with E-state index in [9.17, 15) is 13.6 Å². The van der Waals surface area contributed by atoms with Gasteiger partial charge < -0.3 is 10.6 Å². The molecule has 1 fully saturated rings. The van der Waals surface area contributed by atoms with Crippen molar-refractivity contribution in [3.63, 3.8) is 0 Å². The Kier molecular flexibility index (Phi) is 4.95. The molecule has 0 aliphatic heterocycles. The van der Waals surface area contributed by atoms with Gasteiger partial charge in [-0.25, -0.2) is 18.7 Å². The second kappa shape index (κ2) is 7.55. The predicted octanol–water partition coefficient (Wildman–Crippen LogP) is 3.20. The minimum atomic E-state index is -0.978. The molecule has 1 saturated carbocycles. The monoisotopic (exact) mass is 402 g/mol. The molecule has 3 aromatic heterocycles. The molecule has 0 bridgehead atoms. The van der Waals surface area contributed by atoms with Crippen molar-refractivity contribution in [2.75, 3.05) is 17.2 Å². The Morgan fingerprint density at radius 1 is 1.25 bits per heavy atom. The van der Waals surface area contributed by atoms with Crippen LogP contribution in [0.3, 0.4) is 0 Å². The van der Waals surface area contributed by atoms with Crippen LogP contribution in [-0.4, -0.2) is 38.6 Å². The van der Waals surface area contributed by atoms with Gasteiger partial charge in [0.25, 0.3) is 5.91 Å². The SMILES string of the molecule is O=C(Nc1cnc(NCC2(c3ncccc3F)CC(F)C2)nc1)c1cncs1. The van der Waals surface area contributed by atoms with Crippen molar-refractivity contribution >= 4 is 28.9 Å². The summed E-state index contributed by atoms with van der Waals surface area (Å²) in [5, 5.41) is 5.70. The van der Waals surface area contributed by atoms with Crippen LogP contribution < -0.4 is 10.6 Å². The fourth-order valence-corrected chi connectivity index (χ4v) is 3.75. The van der Waals surface area contributed by atoms with Gasteiger partial charge in [-0.2, -0.15) is 0 Å². The number of carbonyl (C=O) groups is 1. The highest BCUT2D eigenvalue weighted by Gasteiger charge is 2.48. The molecular weight excluding hydrogens is 386 g/mol. The molecular formula is C18H16F2N6OS. The van der Waals surface area contributed by atoms with Crippen LogP contribution in [0.1, 0.15) is 28.2 Å². The van der Waals surface area contributed by atoms with Gasteiger partial charge in [-0.15, -0.1) is 11.3 Å². The van der Waals surface area contributed by atoms with E-state index in [0.717, 1.165) is 0 Å². The van der Waals surface area contributed by atoms with Crippen molar-refractivity contribution in [2.24, 2.45) is 0 Å². The van der Waals surface area contributed by atoms with Crippen molar-refractivity contribution in [1.82, 2.24) is 19.9 Å². The summed E-state index contributed by atoms with van der Waals surface area (Å²) >= 11 is 1.23. The number of rotatable bonds is 6. The zero-order valence-corrected chi connectivity index (χ0v) is 15.4. The summed E-state index contributed by atoms with van der Waals surface area (Å²) in [6.07, 6.45) is 5.30. The predicted molar refractivity (Wildman–Crippen MR) is 101 cm³/mol. The van der Waals surface area contributed by atoms with E-state index in [2.05, 4.69) is 30.6 Å². The number of pyridine rings is 1. The maximum atomic E-state index is 14.2. The lowest BCUT2D eigenvalue weighted by Gasteiger charge is -2.43. The zero-order chi connectivity index (χ0) is 19.6. The van der Waals surface area contributed by atoms with Crippen LogP contribution in [0.25, 0.3) is 0 Å². The molecule has 2 N–H and O–H groups in total. The molecule has 1 aliphatic carbocycles. The number of thiazole rings is 1. The van der Waals surface area contributed by atoms with Gasteiger partial charge in [0.05, 0.1) is 35.5 Å². The summed E-state index contributed by atoms with van der Waals surface area (Å²) in [4.78, 5) is 28.7. The fourth-order valence-electron chi connectivity index (χ4n) is 3.24. The molecule has 28 heavy (non-hydrogen) atoms. The Morgan fingerprint density at radius 2 is 2.04 bits per heavy atom. The topological polar surface area (TPSA) is 92.7 Å². The number of carbonyl (C=O) groups excluding carboxylic acids is 1. The number of aromatic nitrogens is 4. The first-order valence-corrected chi connectivity index (χ1v) is 9.44. The summed E-state index contributed by atoms with van der Waals surface area (Å²) in [7, 11) is 0. The highest BCUT2D eigenvalue weighted by molar-refractivity contribution is 7.11. The highest BCUT2D eigenvalue weighted by Crippen LogP contribution is 2.45. The zero-order valence-electron chi connectivity index (χ0n) is 14.6. The molecule has 0 radical (unpaired) electrons. The molecule has 1 aliphatic rings. The van der Waals surface area contributed by atoms with Crippen LogP contribution in [0.15, 0.2) is 42.4 Å². The molecule has 3 aromatic rings. The molecule has 0 unspecified atom stereocenters. The first kappa shape index (κ1) is 18.4. The number of hydrogen-bond donors (Lipinski definition) is 2. The smallest absolute Gasteiger partial charge is 0.267 e. The van der Waals surface area contributed by atoms with Crippen molar-refractivity contribution in [3.8, 4) is 0 Å². The molecule has 3 heterocycles. The van der Waals surface area contributed by atoms with E-state index in [1.54, 1.807) is 5.51 Å². The largest absolute Gasteiger partial charge is 0.353 e. The van der Waals surface area contributed by atoms with E-state index in [1.807, 2.05) is 0 Å². The average molecular weight is 402 g/mol. The van der Waals surface area contributed by atoms with E-state index in [0.29, 0.717) is 16.5 Å². The van der Waals surface area contributed by atoms with Crippen LogP contribution in [0.4, 0.5) is 20.4 Å². The molecule has 1 amide bonds. The number of hydrogen-bond acceptors (Lipinski definition) is 7. The number of halogens is 2. The van der Waals surface area contributed by atoms with Gasteiger partial charge in [-0.1, -0.05) is 0 Å². The van der Waals surface area contributed by atoms with Crippen LogP contribution in [0, 0.1) is 5.82 Å². The van der Waals surface area contributed by atoms with Gasteiger partial charge in [-0.05, 0) is 25.0 Å². The Bertz CT molecular complexity index is 960. The van der Waals surface area contributed by atoms with Gasteiger partial charge >= 0.3 is 0 Å². The molecule has 10 heteroatoms. The third kappa shape index (κ3) is 3.68. The lowest BCUT2D eigenvalue weighted by atomic mass is 9.65. The Hall–Kier alpha value is -3.01. The Morgan fingerprint density at radius 3 is 2.68 bits per heavy atom. The molecule has 7 nitrogen and oxygen atoms in total.